The van der Waals surface area contributed by atoms with Gasteiger partial charge in [-0.1, -0.05) is 6.92 Å². The fraction of sp³-hybridized carbons (Fsp3) is 0.556. The molecule has 0 radical (unpaired) electrons. The number of carboxylic acids is 1. The second-order valence-electron chi connectivity index (χ2n) is 3.00. The molecule has 0 unspecified atom stereocenters. The molecule has 0 bridgehead atoms. The third-order valence-corrected chi connectivity index (χ3v) is 1.98. The van der Waals surface area contributed by atoms with Crippen LogP contribution in [0.4, 0.5) is 0 Å². The molecule has 0 atom stereocenters. The van der Waals surface area contributed by atoms with Crippen molar-refractivity contribution in [3.8, 4) is 0 Å². The van der Waals surface area contributed by atoms with Crippen molar-refractivity contribution in [2.45, 2.75) is 26.2 Å². The van der Waals surface area contributed by atoms with Gasteiger partial charge in [0.1, 0.15) is 0 Å². The monoisotopic (exact) mass is 182 g/mol. The van der Waals surface area contributed by atoms with Crippen LogP contribution in [0.15, 0.2) is 6.07 Å². The van der Waals surface area contributed by atoms with Gasteiger partial charge in [0.05, 0.1) is 12.1 Å². The molecule has 0 spiro atoms. The molecule has 1 N–H and O–H groups in total. The van der Waals surface area contributed by atoms with E-state index in [0.29, 0.717) is 6.42 Å². The molecule has 0 amide bonds. The minimum Gasteiger partial charge on any atom is -0.481 e. The number of carbonyl (C=O) groups is 1. The standard InChI is InChI=1S/C9H14N2O2/c1-3-8-6-7(10-11(8)2)4-5-9(12)13/h6H,3-5H2,1-2H3,(H,12,13). The van der Waals surface area contributed by atoms with Gasteiger partial charge < -0.3 is 5.11 Å². The second-order valence-corrected chi connectivity index (χ2v) is 3.00. The van der Waals surface area contributed by atoms with Gasteiger partial charge >= 0.3 is 5.97 Å². The zero-order chi connectivity index (χ0) is 9.84. The summed E-state index contributed by atoms with van der Waals surface area (Å²) in [6.45, 7) is 2.05. The summed E-state index contributed by atoms with van der Waals surface area (Å²) in [7, 11) is 1.88. The van der Waals surface area contributed by atoms with Crippen LogP contribution in [0, 0.1) is 0 Å². The summed E-state index contributed by atoms with van der Waals surface area (Å²) in [5.74, 6) is -0.774. The number of rotatable bonds is 4. The van der Waals surface area contributed by atoms with E-state index in [9.17, 15) is 4.79 Å². The highest BCUT2D eigenvalue weighted by molar-refractivity contribution is 5.66. The highest BCUT2D eigenvalue weighted by atomic mass is 16.4. The van der Waals surface area contributed by atoms with Crippen LogP contribution in [0.25, 0.3) is 0 Å². The van der Waals surface area contributed by atoms with Crippen molar-refractivity contribution in [3.05, 3.63) is 17.5 Å². The van der Waals surface area contributed by atoms with Crippen molar-refractivity contribution < 1.29 is 9.90 Å². The fourth-order valence-electron chi connectivity index (χ4n) is 1.26. The molecule has 1 aromatic rings. The lowest BCUT2D eigenvalue weighted by Gasteiger charge is -1.93. The molecular formula is C9H14N2O2. The Bertz CT molecular complexity index is 305. The number of hydrogen-bond acceptors (Lipinski definition) is 2. The quantitative estimate of drug-likeness (QED) is 0.755. The van der Waals surface area contributed by atoms with Gasteiger partial charge in [0.2, 0.25) is 0 Å². The van der Waals surface area contributed by atoms with Crippen LogP contribution >= 0.6 is 0 Å². The smallest absolute Gasteiger partial charge is 0.303 e. The average molecular weight is 182 g/mol. The van der Waals surface area contributed by atoms with E-state index in [1.807, 2.05) is 13.1 Å². The van der Waals surface area contributed by atoms with E-state index >= 15 is 0 Å². The molecule has 4 heteroatoms. The maximum absolute atomic E-state index is 10.3. The number of aromatic nitrogens is 2. The molecule has 1 aromatic heterocycles. The van der Waals surface area contributed by atoms with E-state index < -0.39 is 5.97 Å². The molecule has 0 saturated carbocycles. The molecule has 0 aliphatic carbocycles. The SMILES string of the molecule is CCc1cc(CCC(=O)O)nn1C. The summed E-state index contributed by atoms with van der Waals surface area (Å²) in [5.41, 5.74) is 2.00. The summed E-state index contributed by atoms with van der Waals surface area (Å²) in [6.07, 6.45) is 1.60. The molecule has 13 heavy (non-hydrogen) atoms. The summed E-state index contributed by atoms with van der Waals surface area (Å²) in [6, 6.07) is 1.96. The number of carboxylic acid groups (broad SMARTS) is 1. The summed E-state index contributed by atoms with van der Waals surface area (Å²) < 4.78 is 1.80. The van der Waals surface area contributed by atoms with Gasteiger partial charge in [0.15, 0.2) is 0 Å². The predicted molar refractivity (Wildman–Crippen MR) is 48.5 cm³/mol. The van der Waals surface area contributed by atoms with Gasteiger partial charge in [-0.05, 0) is 12.5 Å². The van der Waals surface area contributed by atoms with Crippen molar-refractivity contribution >= 4 is 5.97 Å². The Morgan fingerprint density at radius 3 is 2.85 bits per heavy atom. The van der Waals surface area contributed by atoms with E-state index in [1.54, 1.807) is 4.68 Å². The van der Waals surface area contributed by atoms with Gasteiger partial charge in [-0.3, -0.25) is 9.48 Å². The zero-order valence-corrected chi connectivity index (χ0v) is 7.95. The van der Waals surface area contributed by atoms with Crippen molar-refractivity contribution in [1.82, 2.24) is 9.78 Å². The zero-order valence-electron chi connectivity index (χ0n) is 7.95. The topological polar surface area (TPSA) is 55.1 Å². The largest absolute Gasteiger partial charge is 0.481 e. The third-order valence-electron chi connectivity index (χ3n) is 1.98. The summed E-state index contributed by atoms with van der Waals surface area (Å²) in [5, 5.41) is 12.7. The van der Waals surface area contributed by atoms with Gasteiger partial charge in [0.25, 0.3) is 0 Å². The minimum absolute atomic E-state index is 0.153. The van der Waals surface area contributed by atoms with Crippen LogP contribution in [0.3, 0.4) is 0 Å². The lowest BCUT2D eigenvalue weighted by atomic mass is 10.2. The van der Waals surface area contributed by atoms with E-state index in [0.717, 1.165) is 17.8 Å². The van der Waals surface area contributed by atoms with Crippen LogP contribution < -0.4 is 0 Å². The van der Waals surface area contributed by atoms with Crippen molar-refractivity contribution in [3.63, 3.8) is 0 Å². The first-order valence-electron chi connectivity index (χ1n) is 4.37. The molecule has 1 heterocycles. The minimum atomic E-state index is -0.774. The molecule has 4 nitrogen and oxygen atoms in total. The molecular weight excluding hydrogens is 168 g/mol. The van der Waals surface area contributed by atoms with Crippen LogP contribution in [0.1, 0.15) is 24.7 Å². The van der Waals surface area contributed by atoms with E-state index in [2.05, 4.69) is 12.0 Å². The average Bonchev–Trinajstić information content (AvgIpc) is 2.43. The van der Waals surface area contributed by atoms with Crippen molar-refractivity contribution in [2.75, 3.05) is 0 Å². The first-order chi connectivity index (χ1) is 6.13. The molecule has 1 rings (SSSR count). The Balaban J connectivity index is 2.62. The molecule has 0 aliphatic heterocycles. The van der Waals surface area contributed by atoms with Crippen LogP contribution in [0.5, 0.6) is 0 Å². The Morgan fingerprint density at radius 1 is 1.69 bits per heavy atom. The second kappa shape index (κ2) is 4.07. The Kier molecular flexibility index (Phi) is 3.06. The van der Waals surface area contributed by atoms with E-state index in [-0.39, 0.29) is 6.42 Å². The summed E-state index contributed by atoms with van der Waals surface area (Å²) >= 11 is 0. The van der Waals surface area contributed by atoms with Crippen LogP contribution in [0.2, 0.25) is 0 Å². The van der Waals surface area contributed by atoms with Crippen LogP contribution in [-0.4, -0.2) is 20.9 Å². The Morgan fingerprint density at radius 2 is 2.38 bits per heavy atom. The number of nitrogens with zero attached hydrogens (tertiary/aromatic N) is 2. The highest BCUT2D eigenvalue weighted by Crippen LogP contribution is 2.05. The predicted octanol–water partition coefficient (Wildman–Crippen LogP) is 1.000. The van der Waals surface area contributed by atoms with E-state index in [1.165, 1.54) is 0 Å². The molecule has 0 aliphatic rings. The fourth-order valence-corrected chi connectivity index (χ4v) is 1.26. The normalized spacial score (nSPS) is 10.3. The number of aryl methyl sites for hydroxylation is 3. The van der Waals surface area contributed by atoms with Gasteiger partial charge in [-0.2, -0.15) is 5.10 Å². The first-order valence-corrected chi connectivity index (χ1v) is 4.37. The molecule has 0 saturated heterocycles. The lowest BCUT2D eigenvalue weighted by Crippen LogP contribution is -1.99. The van der Waals surface area contributed by atoms with Crippen molar-refractivity contribution in [1.29, 1.82) is 0 Å². The maximum atomic E-state index is 10.3. The maximum Gasteiger partial charge on any atom is 0.303 e. The lowest BCUT2D eigenvalue weighted by molar-refractivity contribution is -0.136. The number of aliphatic carboxylic acids is 1. The number of hydrogen-bond donors (Lipinski definition) is 1. The van der Waals surface area contributed by atoms with Crippen LogP contribution in [-0.2, 0) is 24.7 Å². The Hall–Kier alpha value is -1.32. The highest BCUT2D eigenvalue weighted by Gasteiger charge is 2.05. The third kappa shape index (κ3) is 2.57. The molecule has 0 fully saturated rings. The van der Waals surface area contributed by atoms with E-state index in [4.69, 9.17) is 5.11 Å². The first kappa shape index (κ1) is 9.77. The molecule has 0 aromatic carbocycles. The van der Waals surface area contributed by atoms with Gasteiger partial charge in [0, 0.05) is 19.2 Å². The summed E-state index contributed by atoms with van der Waals surface area (Å²) in [4.78, 5) is 10.3. The molecule has 72 valence electrons. The Labute approximate surface area is 77.2 Å². The van der Waals surface area contributed by atoms with Gasteiger partial charge in [-0.15, -0.1) is 0 Å². The van der Waals surface area contributed by atoms with Crippen molar-refractivity contribution in [2.24, 2.45) is 7.05 Å². The van der Waals surface area contributed by atoms with Gasteiger partial charge in [-0.25, -0.2) is 0 Å².